The Morgan fingerprint density at radius 2 is 1.84 bits per heavy atom. The monoisotopic (exact) mass is 265 g/mol. The highest BCUT2D eigenvalue weighted by Gasteiger charge is 2.09. The standard InChI is InChI=1S/C15H23NO3/c1-4-10-16(12-15(17)19-3)11-9-13-5-7-14(18-2)8-6-13/h5-8H,4,9-12H2,1-3H3. The van der Waals surface area contributed by atoms with Crippen LogP contribution in [-0.2, 0) is 16.0 Å². The number of nitrogens with zero attached hydrogens (tertiary/aromatic N) is 1. The van der Waals surface area contributed by atoms with Crippen molar-refractivity contribution in [3.8, 4) is 5.75 Å². The Bertz CT molecular complexity index is 375. The lowest BCUT2D eigenvalue weighted by molar-refractivity contribution is -0.141. The maximum atomic E-state index is 11.3. The second-order valence-electron chi connectivity index (χ2n) is 4.45. The summed E-state index contributed by atoms with van der Waals surface area (Å²) in [5.74, 6) is 0.687. The van der Waals surface area contributed by atoms with Crippen LogP contribution >= 0.6 is 0 Å². The lowest BCUT2D eigenvalue weighted by atomic mass is 10.1. The zero-order valence-corrected chi connectivity index (χ0v) is 12.0. The molecular formula is C15H23NO3. The SMILES string of the molecule is CCCN(CCc1ccc(OC)cc1)CC(=O)OC. The summed E-state index contributed by atoms with van der Waals surface area (Å²) in [5, 5.41) is 0. The fourth-order valence-electron chi connectivity index (χ4n) is 1.91. The van der Waals surface area contributed by atoms with Gasteiger partial charge in [0.2, 0.25) is 0 Å². The van der Waals surface area contributed by atoms with E-state index in [9.17, 15) is 4.79 Å². The summed E-state index contributed by atoms with van der Waals surface area (Å²) in [6.07, 6.45) is 1.95. The van der Waals surface area contributed by atoms with Crippen molar-refractivity contribution in [1.29, 1.82) is 0 Å². The third-order valence-electron chi connectivity index (χ3n) is 3.00. The number of rotatable bonds is 8. The second kappa shape index (κ2) is 8.53. The zero-order chi connectivity index (χ0) is 14.1. The highest BCUT2D eigenvalue weighted by Crippen LogP contribution is 2.12. The summed E-state index contributed by atoms with van der Waals surface area (Å²) in [5.41, 5.74) is 1.24. The van der Waals surface area contributed by atoms with Gasteiger partial charge in [-0.2, -0.15) is 0 Å². The first-order valence-electron chi connectivity index (χ1n) is 6.61. The van der Waals surface area contributed by atoms with Crippen LogP contribution in [0.4, 0.5) is 0 Å². The number of carbonyl (C=O) groups excluding carboxylic acids is 1. The van der Waals surface area contributed by atoms with Gasteiger partial charge >= 0.3 is 5.97 Å². The maximum Gasteiger partial charge on any atom is 0.319 e. The minimum atomic E-state index is -0.178. The zero-order valence-electron chi connectivity index (χ0n) is 12.0. The van der Waals surface area contributed by atoms with Crippen molar-refractivity contribution in [2.45, 2.75) is 19.8 Å². The molecular weight excluding hydrogens is 242 g/mol. The highest BCUT2D eigenvalue weighted by molar-refractivity contribution is 5.71. The molecule has 19 heavy (non-hydrogen) atoms. The van der Waals surface area contributed by atoms with E-state index < -0.39 is 0 Å². The molecule has 106 valence electrons. The van der Waals surface area contributed by atoms with Crippen LogP contribution in [0.2, 0.25) is 0 Å². The molecule has 0 aliphatic rings. The van der Waals surface area contributed by atoms with Crippen molar-refractivity contribution in [2.75, 3.05) is 33.9 Å². The van der Waals surface area contributed by atoms with Gasteiger partial charge in [0.25, 0.3) is 0 Å². The lowest BCUT2D eigenvalue weighted by Gasteiger charge is -2.20. The Kier molecular flexibility index (Phi) is 6.97. The minimum absolute atomic E-state index is 0.178. The number of hydrogen-bond donors (Lipinski definition) is 0. The average Bonchev–Trinajstić information content (AvgIpc) is 2.45. The number of benzene rings is 1. The molecule has 0 atom stereocenters. The molecule has 0 saturated carbocycles. The smallest absolute Gasteiger partial charge is 0.319 e. The molecule has 4 heteroatoms. The van der Waals surface area contributed by atoms with Crippen LogP contribution in [0.25, 0.3) is 0 Å². The van der Waals surface area contributed by atoms with E-state index in [0.29, 0.717) is 6.54 Å². The van der Waals surface area contributed by atoms with Crippen molar-refractivity contribution in [1.82, 2.24) is 4.90 Å². The fourth-order valence-corrected chi connectivity index (χ4v) is 1.91. The van der Waals surface area contributed by atoms with E-state index in [1.165, 1.54) is 12.7 Å². The molecule has 0 bridgehead atoms. The molecule has 0 amide bonds. The van der Waals surface area contributed by atoms with Crippen LogP contribution < -0.4 is 4.74 Å². The summed E-state index contributed by atoms with van der Waals surface area (Å²) < 4.78 is 9.84. The van der Waals surface area contributed by atoms with Gasteiger partial charge < -0.3 is 9.47 Å². The van der Waals surface area contributed by atoms with E-state index in [0.717, 1.165) is 31.7 Å². The van der Waals surface area contributed by atoms with Crippen LogP contribution in [-0.4, -0.2) is 44.7 Å². The summed E-state index contributed by atoms with van der Waals surface area (Å²) >= 11 is 0. The third kappa shape index (κ3) is 5.75. The summed E-state index contributed by atoms with van der Waals surface area (Å²) in [7, 11) is 3.09. The van der Waals surface area contributed by atoms with Crippen LogP contribution in [0, 0.1) is 0 Å². The van der Waals surface area contributed by atoms with Gasteiger partial charge in [-0.15, -0.1) is 0 Å². The van der Waals surface area contributed by atoms with Gasteiger partial charge in [-0.05, 0) is 37.1 Å². The normalized spacial score (nSPS) is 10.5. The Hall–Kier alpha value is -1.55. The van der Waals surface area contributed by atoms with E-state index in [1.54, 1.807) is 7.11 Å². The molecule has 0 radical (unpaired) electrons. The molecule has 1 aromatic rings. The number of carbonyl (C=O) groups is 1. The van der Waals surface area contributed by atoms with Crippen LogP contribution in [0.3, 0.4) is 0 Å². The van der Waals surface area contributed by atoms with Gasteiger partial charge in [0.15, 0.2) is 0 Å². The first-order chi connectivity index (χ1) is 9.19. The molecule has 0 spiro atoms. The molecule has 0 N–H and O–H groups in total. The summed E-state index contributed by atoms with van der Waals surface area (Å²) in [4.78, 5) is 13.4. The third-order valence-corrected chi connectivity index (χ3v) is 3.00. The van der Waals surface area contributed by atoms with Crippen LogP contribution in [0.1, 0.15) is 18.9 Å². The van der Waals surface area contributed by atoms with E-state index in [-0.39, 0.29) is 5.97 Å². The summed E-state index contributed by atoms with van der Waals surface area (Å²) in [6.45, 7) is 4.23. The number of hydrogen-bond acceptors (Lipinski definition) is 4. The molecule has 1 aromatic carbocycles. The Morgan fingerprint density at radius 3 is 2.37 bits per heavy atom. The molecule has 0 unspecified atom stereocenters. The second-order valence-corrected chi connectivity index (χ2v) is 4.45. The molecule has 0 aliphatic heterocycles. The van der Waals surface area contributed by atoms with E-state index in [2.05, 4.69) is 24.0 Å². The average molecular weight is 265 g/mol. The largest absolute Gasteiger partial charge is 0.497 e. The molecule has 0 saturated heterocycles. The maximum absolute atomic E-state index is 11.3. The molecule has 1 rings (SSSR count). The first kappa shape index (κ1) is 15.5. The van der Waals surface area contributed by atoms with Crippen molar-refractivity contribution in [2.24, 2.45) is 0 Å². The quantitative estimate of drug-likeness (QED) is 0.675. The first-order valence-corrected chi connectivity index (χ1v) is 6.61. The van der Waals surface area contributed by atoms with Crippen LogP contribution in [0.5, 0.6) is 5.75 Å². The van der Waals surface area contributed by atoms with Crippen LogP contribution in [0.15, 0.2) is 24.3 Å². The van der Waals surface area contributed by atoms with Crippen molar-refractivity contribution in [3.63, 3.8) is 0 Å². The van der Waals surface area contributed by atoms with Crippen molar-refractivity contribution < 1.29 is 14.3 Å². The van der Waals surface area contributed by atoms with Gasteiger partial charge in [0.1, 0.15) is 5.75 Å². The molecule has 0 aromatic heterocycles. The van der Waals surface area contributed by atoms with Crippen molar-refractivity contribution in [3.05, 3.63) is 29.8 Å². The summed E-state index contributed by atoms with van der Waals surface area (Å²) in [6, 6.07) is 8.03. The predicted octanol–water partition coefficient (Wildman–Crippen LogP) is 2.12. The van der Waals surface area contributed by atoms with Gasteiger partial charge in [0.05, 0.1) is 20.8 Å². The fraction of sp³-hybridized carbons (Fsp3) is 0.533. The Balaban J connectivity index is 2.47. The van der Waals surface area contributed by atoms with Crippen molar-refractivity contribution >= 4 is 5.97 Å². The molecule has 0 heterocycles. The highest BCUT2D eigenvalue weighted by atomic mass is 16.5. The van der Waals surface area contributed by atoms with E-state index >= 15 is 0 Å². The Morgan fingerprint density at radius 1 is 1.16 bits per heavy atom. The van der Waals surface area contributed by atoms with Gasteiger partial charge in [-0.3, -0.25) is 9.69 Å². The van der Waals surface area contributed by atoms with Gasteiger partial charge in [-0.25, -0.2) is 0 Å². The van der Waals surface area contributed by atoms with Gasteiger partial charge in [0, 0.05) is 6.54 Å². The molecule has 0 fully saturated rings. The Labute approximate surface area is 115 Å². The van der Waals surface area contributed by atoms with Gasteiger partial charge in [-0.1, -0.05) is 19.1 Å². The number of ether oxygens (including phenoxy) is 2. The topological polar surface area (TPSA) is 38.8 Å². The lowest BCUT2D eigenvalue weighted by Crippen LogP contribution is -2.33. The molecule has 4 nitrogen and oxygen atoms in total. The number of methoxy groups -OCH3 is 2. The predicted molar refractivity (Wildman–Crippen MR) is 75.4 cm³/mol. The molecule has 0 aliphatic carbocycles. The van der Waals surface area contributed by atoms with E-state index in [1.807, 2.05) is 12.1 Å². The van der Waals surface area contributed by atoms with E-state index in [4.69, 9.17) is 9.47 Å². The minimum Gasteiger partial charge on any atom is -0.497 e. The number of esters is 1.